The number of rotatable bonds is 2. The fourth-order valence-corrected chi connectivity index (χ4v) is 0.794. The van der Waals surface area contributed by atoms with Crippen molar-refractivity contribution in [1.82, 2.24) is 0 Å². The van der Waals surface area contributed by atoms with E-state index in [9.17, 15) is 0 Å². The van der Waals surface area contributed by atoms with E-state index in [2.05, 4.69) is 18.2 Å². The molecule has 12 heavy (non-hydrogen) atoms. The zero-order valence-corrected chi connectivity index (χ0v) is 6.58. The quantitative estimate of drug-likeness (QED) is 0.363. The monoisotopic (exact) mass is 156 g/mol. The van der Waals surface area contributed by atoms with Crippen molar-refractivity contribution in [3.8, 4) is 18.1 Å². The third kappa shape index (κ3) is 1.79. The summed E-state index contributed by atoms with van der Waals surface area (Å²) in [4.78, 5) is 0. The molecule has 0 radical (unpaired) electrons. The third-order valence-corrected chi connectivity index (χ3v) is 1.31. The molecule has 0 heterocycles. The van der Waals surface area contributed by atoms with E-state index in [-0.39, 0.29) is 0 Å². The second-order valence-electron chi connectivity index (χ2n) is 2.08. The van der Waals surface area contributed by atoms with Crippen molar-refractivity contribution < 1.29 is 4.74 Å². The van der Waals surface area contributed by atoms with E-state index < -0.39 is 0 Å². The van der Waals surface area contributed by atoms with E-state index in [1.807, 2.05) is 18.2 Å². The first-order valence-electron chi connectivity index (χ1n) is 3.45. The van der Waals surface area contributed by atoms with Crippen LogP contribution < -0.4 is 4.74 Å². The van der Waals surface area contributed by atoms with Crippen LogP contribution in [-0.4, -0.2) is 0 Å². The van der Waals surface area contributed by atoms with Gasteiger partial charge in [-0.3, -0.25) is 0 Å². The fourth-order valence-electron chi connectivity index (χ4n) is 0.794. The summed E-state index contributed by atoms with van der Waals surface area (Å²) < 4.78 is 5.14. The SMILES string of the molecule is C#Cc1ccccc1OC=C=C. The molecular formula is C11H8O. The summed E-state index contributed by atoms with van der Waals surface area (Å²) in [6.07, 6.45) is 6.61. The van der Waals surface area contributed by atoms with Crippen molar-refractivity contribution in [1.29, 1.82) is 0 Å². The Kier molecular flexibility index (Phi) is 2.79. The van der Waals surface area contributed by atoms with Crippen LogP contribution in [0.2, 0.25) is 0 Å². The van der Waals surface area contributed by atoms with Gasteiger partial charge in [-0.2, -0.15) is 0 Å². The largest absolute Gasteiger partial charge is 0.455 e. The summed E-state index contributed by atoms with van der Waals surface area (Å²) in [5.41, 5.74) is 3.23. The molecule has 1 heteroatoms. The van der Waals surface area contributed by atoms with E-state index in [0.717, 1.165) is 5.56 Å². The topological polar surface area (TPSA) is 9.23 Å². The number of benzene rings is 1. The number of hydrogen-bond acceptors (Lipinski definition) is 1. The molecule has 1 rings (SSSR count). The average Bonchev–Trinajstić information content (AvgIpc) is 2.15. The van der Waals surface area contributed by atoms with Crippen LogP contribution in [0.4, 0.5) is 0 Å². The molecule has 1 aromatic rings. The van der Waals surface area contributed by atoms with E-state index in [1.165, 1.54) is 6.26 Å². The highest BCUT2D eigenvalue weighted by Crippen LogP contribution is 2.16. The zero-order chi connectivity index (χ0) is 8.81. The van der Waals surface area contributed by atoms with Crippen LogP contribution >= 0.6 is 0 Å². The molecule has 0 bridgehead atoms. The molecule has 1 aromatic carbocycles. The standard InChI is InChI=1S/C11H8O/c1-3-9-12-11-8-6-5-7-10(11)4-2/h2,5-9H,1H2. The van der Waals surface area contributed by atoms with Gasteiger partial charge in [-0.25, -0.2) is 0 Å². The zero-order valence-electron chi connectivity index (χ0n) is 6.58. The molecule has 0 aromatic heterocycles. The minimum absolute atomic E-state index is 0.649. The van der Waals surface area contributed by atoms with Crippen molar-refractivity contribution in [3.05, 3.63) is 48.4 Å². The summed E-state index contributed by atoms with van der Waals surface area (Å²) in [5.74, 6) is 3.16. The minimum atomic E-state index is 0.649. The van der Waals surface area contributed by atoms with Crippen LogP contribution in [0, 0.1) is 12.3 Å². The normalized spacial score (nSPS) is 7.92. The van der Waals surface area contributed by atoms with E-state index >= 15 is 0 Å². The summed E-state index contributed by atoms with van der Waals surface area (Å²) in [6.45, 7) is 3.37. The van der Waals surface area contributed by atoms with Gasteiger partial charge in [0.15, 0.2) is 0 Å². The van der Waals surface area contributed by atoms with Crippen molar-refractivity contribution in [3.63, 3.8) is 0 Å². The number of hydrogen-bond donors (Lipinski definition) is 0. The lowest BCUT2D eigenvalue weighted by Gasteiger charge is -2.00. The molecule has 58 valence electrons. The van der Waals surface area contributed by atoms with Crippen molar-refractivity contribution in [2.45, 2.75) is 0 Å². The molecule has 0 aliphatic heterocycles. The smallest absolute Gasteiger partial charge is 0.143 e. The van der Waals surface area contributed by atoms with Crippen LogP contribution in [-0.2, 0) is 0 Å². The van der Waals surface area contributed by atoms with Gasteiger partial charge in [0, 0.05) is 0 Å². The molecule has 0 atom stereocenters. The lowest BCUT2D eigenvalue weighted by Crippen LogP contribution is -1.84. The summed E-state index contributed by atoms with van der Waals surface area (Å²) in [6, 6.07) is 7.32. The van der Waals surface area contributed by atoms with Crippen LogP contribution in [0.3, 0.4) is 0 Å². The maximum atomic E-state index is 5.24. The predicted molar refractivity (Wildman–Crippen MR) is 48.7 cm³/mol. The Morgan fingerprint density at radius 3 is 2.83 bits per heavy atom. The first-order chi connectivity index (χ1) is 5.88. The van der Waals surface area contributed by atoms with Gasteiger partial charge in [-0.15, -0.1) is 6.42 Å². The Hall–Kier alpha value is -1.90. The van der Waals surface area contributed by atoms with E-state index in [4.69, 9.17) is 11.2 Å². The fraction of sp³-hybridized carbons (Fsp3) is 0. The summed E-state index contributed by atoms with van der Waals surface area (Å²) in [5, 5.41) is 0. The molecule has 0 saturated heterocycles. The predicted octanol–water partition coefficient (Wildman–Crippen LogP) is 2.35. The van der Waals surface area contributed by atoms with Gasteiger partial charge in [-0.05, 0) is 12.1 Å². The first-order valence-corrected chi connectivity index (χ1v) is 3.45. The van der Waals surface area contributed by atoms with Gasteiger partial charge in [0.1, 0.15) is 12.0 Å². The summed E-state index contributed by atoms with van der Waals surface area (Å²) in [7, 11) is 0. The summed E-state index contributed by atoms with van der Waals surface area (Å²) >= 11 is 0. The molecule has 0 aliphatic carbocycles. The molecule has 0 unspecified atom stereocenters. The van der Waals surface area contributed by atoms with E-state index in [1.54, 1.807) is 6.07 Å². The van der Waals surface area contributed by atoms with Gasteiger partial charge in [-0.1, -0.05) is 30.4 Å². The molecular weight excluding hydrogens is 148 g/mol. The van der Waals surface area contributed by atoms with Crippen LogP contribution in [0.5, 0.6) is 5.75 Å². The Labute approximate surface area is 72.0 Å². The lowest BCUT2D eigenvalue weighted by atomic mass is 10.2. The number of terminal acetylenes is 1. The van der Waals surface area contributed by atoms with Gasteiger partial charge >= 0.3 is 0 Å². The highest BCUT2D eigenvalue weighted by molar-refractivity contribution is 5.44. The Balaban J connectivity index is 2.98. The molecule has 0 saturated carbocycles. The van der Waals surface area contributed by atoms with Gasteiger partial charge in [0.05, 0.1) is 5.56 Å². The molecule has 0 N–H and O–H groups in total. The van der Waals surface area contributed by atoms with Gasteiger partial charge in [0.25, 0.3) is 0 Å². The Bertz CT molecular complexity index is 352. The Morgan fingerprint density at radius 1 is 1.42 bits per heavy atom. The number of ether oxygens (including phenoxy) is 1. The van der Waals surface area contributed by atoms with E-state index in [0.29, 0.717) is 5.75 Å². The van der Waals surface area contributed by atoms with Crippen molar-refractivity contribution in [2.24, 2.45) is 0 Å². The van der Waals surface area contributed by atoms with Crippen molar-refractivity contribution in [2.75, 3.05) is 0 Å². The molecule has 0 amide bonds. The second-order valence-corrected chi connectivity index (χ2v) is 2.08. The van der Waals surface area contributed by atoms with Gasteiger partial charge in [0.2, 0.25) is 0 Å². The molecule has 0 fully saturated rings. The molecule has 1 nitrogen and oxygen atoms in total. The van der Waals surface area contributed by atoms with Crippen molar-refractivity contribution >= 4 is 0 Å². The molecule has 0 aliphatic rings. The second kappa shape index (κ2) is 4.08. The number of para-hydroxylation sites is 1. The molecule has 0 spiro atoms. The highest BCUT2D eigenvalue weighted by Gasteiger charge is 1.95. The van der Waals surface area contributed by atoms with Crippen LogP contribution in [0.25, 0.3) is 0 Å². The maximum Gasteiger partial charge on any atom is 0.143 e. The lowest BCUT2D eigenvalue weighted by molar-refractivity contribution is 0.481. The average molecular weight is 156 g/mol. The van der Waals surface area contributed by atoms with Crippen LogP contribution in [0.15, 0.2) is 42.8 Å². The third-order valence-electron chi connectivity index (χ3n) is 1.31. The van der Waals surface area contributed by atoms with Gasteiger partial charge < -0.3 is 4.74 Å². The highest BCUT2D eigenvalue weighted by atomic mass is 16.5. The maximum absolute atomic E-state index is 5.24. The Morgan fingerprint density at radius 2 is 2.17 bits per heavy atom. The minimum Gasteiger partial charge on any atom is -0.455 e. The van der Waals surface area contributed by atoms with Crippen LogP contribution in [0.1, 0.15) is 5.56 Å². The first kappa shape index (κ1) is 8.20.